The lowest BCUT2D eigenvalue weighted by atomic mass is 9.98. The molecule has 2 nitrogen and oxygen atoms in total. The fourth-order valence-corrected chi connectivity index (χ4v) is 1.95. The number of furan rings is 1. The standard InChI is InChI=1S/C14H13FO2/c1-8-6-11(15)7-9(2)13(8)14(16)12-5-4-10(3)17-12/h4-7H,1-3H3. The summed E-state index contributed by atoms with van der Waals surface area (Å²) >= 11 is 0. The Bertz CT molecular complexity index is 559. The topological polar surface area (TPSA) is 30.2 Å². The number of benzene rings is 1. The molecule has 0 aliphatic rings. The van der Waals surface area contributed by atoms with Gasteiger partial charge in [0.05, 0.1) is 0 Å². The van der Waals surface area contributed by atoms with E-state index in [-0.39, 0.29) is 11.6 Å². The molecule has 2 rings (SSSR count). The summed E-state index contributed by atoms with van der Waals surface area (Å²) in [6, 6.07) is 6.09. The van der Waals surface area contributed by atoms with Gasteiger partial charge in [0.25, 0.3) is 0 Å². The number of hydrogen-bond donors (Lipinski definition) is 0. The highest BCUT2D eigenvalue weighted by Gasteiger charge is 2.18. The van der Waals surface area contributed by atoms with Gasteiger partial charge in [-0.05, 0) is 56.2 Å². The van der Waals surface area contributed by atoms with Crippen molar-refractivity contribution < 1.29 is 13.6 Å². The normalized spacial score (nSPS) is 10.6. The predicted octanol–water partition coefficient (Wildman–Crippen LogP) is 3.57. The van der Waals surface area contributed by atoms with Crippen LogP contribution in [0.25, 0.3) is 0 Å². The molecule has 1 aromatic heterocycles. The van der Waals surface area contributed by atoms with Crippen LogP contribution in [0.1, 0.15) is 33.0 Å². The van der Waals surface area contributed by atoms with Gasteiger partial charge in [-0.25, -0.2) is 4.39 Å². The Hall–Kier alpha value is -1.90. The lowest BCUT2D eigenvalue weighted by molar-refractivity contribution is 0.101. The minimum absolute atomic E-state index is 0.201. The molecule has 0 fully saturated rings. The summed E-state index contributed by atoms with van der Waals surface area (Å²) in [6.45, 7) is 5.22. The van der Waals surface area contributed by atoms with Crippen LogP contribution in [0.4, 0.5) is 4.39 Å². The van der Waals surface area contributed by atoms with E-state index >= 15 is 0 Å². The van der Waals surface area contributed by atoms with Crippen molar-refractivity contribution in [3.8, 4) is 0 Å². The van der Waals surface area contributed by atoms with Crippen molar-refractivity contribution in [3.05, 3.63) is 58.3 Å². The summed E-state index contributed by atoms with van der Waals surface area (Å²) in [6.07, 6.45) is 0. The molecule has 0 radical (unpaired) electrons. The Morgan fingerprint density at radius 3 is 2.18 bits per heavy atom. The highest BCUT2D eigenvalue weighted by Crippen LogP contribution is 2.20. The van der Waals surface area contributed by atoms with E-state index in [1.807, 2.05) is 0 Å². The lowest BCUT2D eigenvalue weighted by Crippen LogP contribution is -2.05. The van der Waals surface area contributed by atoms with Crippen LogP contribution in [0.15, 0.2) is 28.7 Å². The molecule has 0 atom stereocenters. The van der Waals surface area contributed by atoms with Crippen LogP contribution in [0, 0.1) is 26.6 Å². The van der Waals surface area contributed by atoms with E-state index in [2.05, 4.69) is 0 Å². The number of rotatable bonds is 2. The van der Waals surface area contributed by atoms with Crippen molar-refractivity contribution in [2.75, 3.05) is 0 Å². The Labute approximate surface area is 99.1 Å². The van der Waals surface area contributed by atoms with E-state index in [9.17, 15) is 9.18 Å². The van der Waals surface area contributed by atoms with E-state index in [0.717, 1.165) is 0 Å². The second-order valence-corrected chi connectivity index (χ2v) is 4.15. The molecule has 0 saturated heterocycles. The first-order valence-corrected chi connectivity index (χ1v) is 5.37. The van der Waals surface area contributed by atoms with Gasteiger partial charge in [0, 0.05) is 5.56 Å². The minimum Gasteiger partial charge on any atom is -0.458 e. The summed E-state index contributed by atoms with van der Waals surface area (Å²) in [5.74, 6) is 0.450. The van der Waals surface area contributed by atoms with Crippen LogP contribution in [0.2, 0.25) is 0 Å². The number of carbonyl (C=O) groups is 1. The van der Waals surface area contributed by atoms with E-state index in [4.69, 9.17) is 4.42 Å². The molecule has 0 bridgehead atoms. The van der Waals surface area contributed by atoms with Crippen molar-refractivity contribution in [2.45, 2.75) is 20.8 Å². The van der Waals surface area contributed by atoms with Crippen LogP contribution in [-0.2, 0) is 0 Å². The maximum absolute atomic E-state index is 13.1. The molecular weight excluding hydrogens is 219 g/mol. The zero-order valence-electron chi connectivity index (χ0n) is 10.0. The molecule has 0 saturated carbocycles. The molecule has 0 N–H and O–H groups in total. The predicted molar refractivity (Wildman–Crippen MR) is 62.8 cm³/mol. The summed E-state index contributed by atoms with van der Waals surface area (Å²) < 4.78 is 18.4. The number of ketones is 1. The molecule has 0 amide bonds. The van der Waals surface area contributed by atoms with Crippen LogP contribution in [-0.4, -0.2) is 5.78 Å². The second-order valence-electron chi connectivity index (χ2n) is 4.15. The number of hydrogen-bond acceptors (Lipinski definition) is 2. The average molecular weight is 232 g/mol. The van der Waals surface area contributed by atoms with Crippen LogP contribution in [0.5, 0.6) is 0 Å². The first kappa shape index (κ1) is 11.6. The molecule has 88 valence electrons. The SMILES string of the molecule is Cc1ccc(C(=O)c2c(C)cc(F)cc2C)o1. The average Bonchev–Trinajstić information content (AvgIpc) is 2.63. The van der Waals surface area contributed by atoms with E-state index in [0.29, 0.717) is 28.2 Å². The molecule has 0 unspecified atom stereocenters. The van der Waals surface area contributed by atoms with Gasteiger partial charge in [-0.15, -0.1) is 0 Å². The van der Waals surface area contributed by atoms with Gasteiger partial charge in [0.2, 0.25) is 5.78 Å². The Kier molecular flexibility index (Phi) is 2.84. The molecule has 1 aromatic carbocycles. The quantitative estimate of drug-likeness (QED) is 0.741. The summed E-state index contributed by atoms with van der Waals surface area (Å²) in [7, 11) is 0. The molecule has 2 aromatic rings. The third-order valence-corrected chi connectivity index (χ3v) is 2.69. The molecule has 1 heterocycles. The van der Waals surface area contributed by atoms with E-state index in [1.165, 1.54) is 12.1 Å². The van der Waals surface area contributed by atoms with Gasteiger partial charge in [-0.2, -0.15) is 0 Å². The Morgan fingerprint density at radius 1 is 1.12 bits per heavy atom. The lowest BCUT2D eigenvalue weighted by Gasteiger charge is -2.07. The number of carbonyl (C=O) groups excluding carboxylic acids is 1. The summed E-state index contributed by atoms with van der Waals surface area (Å²) in [5, 5.41) is 0. The first-order chi connectivity index (χ1) is 7.99. The van der Waals surface area contributed by atoms with Crippen LogP contribution < -0.4 is 0 Å². The van der Waals surface area contributed by atoms with E-state index in [1.54, 1.807) is 32.9 Å². The molecule has 0 spiro atoms. The monoisotopic (exact) mass is 232 g/mol. The third kappa shape index (κ3) is 2.13. The largest absolute Gasteiger partial charge is 0.458 e. The molecular formula is C14H13FO2. The maximum Gasteiger partial charge on any atom is 0.228 e. The zero-order chi connectivity index (χ0) is 12.6. The number of halogens is 1. The van der Waals surface area contributed by atoms with Crippen molar-refractivity contribution in [2.24, 2.45) is 0 Å². The van der Waals surface area contributed by atoms with Gasteiger partial charge in [0.15, 0.2) is 5.76 Å². The van der Waals surface area contributed by atoms with Gasteiger partial charge < -0.3 is 4.42 Å². The fourth-order valence-electron chi connectivity index (χ4n) is 1.95. The summed E-state index contributed by atoms with van der Waals surface area (Å²) in [4.78, 5) is 12.2. The molecule has 0 aliphatic heterocycles. The van der Waals surface area contributed by atoms with Gasteiger partial charge in [-0.1, -0.05) is 0 Å². The van der Waals surface area contributed by atoms with E-state index < -0.39 is 0 Å². The molecule has 17 heavy (non-hydrogen) atoms. The Balaban J connectivity index is 2.51. The van der Waals surface area contributed by atoms with Gasteiger partial charge in [-0.3, -0.25) is 4.79 Å². The van der Waals surface area contributed by atoms with Crippen molar-refractivity contribution in [3.63, 3.8) is 0 Å². The van der Waals surface area contributed by atoms with Gasteiger partial charge in [0.1, 0.15) is 11.6 Å². The molecule has 0 aliphatic carbocycles. The van der Waals surface area contributed by atoms with Crippen LogP contribution in [0.3, 0.4) is 0 Å². The van der Waals surface area contributed by atoms with Crippen molar-refractivity contribution in [1.82, 2.24) is 0 Å². The minimum atomic E-state index is -0.327. The highest BCUT2D eigenvalue weighted by atomic mass is 19.1. The third-order valence-electron chi connectivity index (χ3n) is 2.69. The molecule has 3 heteroatoms. The highest BCUT2D eigenvalue weighted by molar-refractivity contribution is 6.09. The van der Waals surface area contributed by atoms with Crippen LogP contribution >= 0.6 is 0 Å². The van der Waals surface area contributed by atoms with Gasteiger partial charge >= 0.3 is 0 Å². The van der Waals surface area contributed by atoms with Crippen molar-refractivity contribution >= 4 is 5.78 Å². The first-order valence-electron chi connectivity index (χ1n) is 5.37. The Morgan fingerprint density at radius 2 is 1.71 bits per heavy atom. The fraction of sp³-hybridized carbons (Fsp3) is 0.214. The summed E-state index contributed by atoms with van der Waals surface area (Å²) in [5.41, 5.74) is 1.77. The second kappa shape index (κ2) is 4.17. The zero-order valence-corrected chi connectivity index (χ0v) is 10.0. The smallest absolute Gasteiger partial charge is 0.228 e. The number of aryl methyl sites for hydroxylation is 3. The maximum atomic E-state index is 13.1. The van der Waals surface area contributed by atoms with Crippen molar-refractivity contribution in [1.29, 1.82) is 0 Å².